The predicted octanol–water partition coefficient (Wildman–Crippen LogP) is 3.65. The Morgan fingerprint density at radius 1 is 1.21 bits per heavy atom. The summed E-state index contributed by atoms with van der Waals surface area (Å²) in [6.07, 6.45) is 6.12. The molecule has 1 unspecified atom stereocenters. The van der Waals surface area contributed by atoms with Crippen molar-refractivity contribution in [3.8, 4) is 11.1 Å². The average molecular weight is 256 g/mol. The van der Waals surface area contributed by atoms with Crippen LogP contribution in [-0.2, 0) is 0 Å². The molecule has 2 nitrogen and oxygen atoms in total. The van der Waals surface area contributed by atoms with Gasteiger partial charge >= 0.3 is 0 Å². The SMILES string of the molecule is CN1CCCC1c1cncc(-c2cccc(F)c2)c1. The molecule has 0 radical (unpaired) electrons. The molecule has 0 N–H and O–H groups in total. The Labute approximate surface area is 112 Å². The van der Waals surface area contributed by atoms with E-state index in [4.69, 9.17) is 0 Å². The summed E-state index contributed by atoms with van der Waals surface area (Å²) in [5.41, 5.74) is 3.09. The van der Waals surface area contributed by atoms with Crippen LogP contribution in [0, 0.1) is 5.82 Å². The molecule has 0 saturated carbocycles. The van der Waals surface area contributed by atoms with E-state index >= 15 is 0 Å². The number of hydrogen-bond donors (Lipinski definition) is 0. The quantitative estimate of drug-likeness (QED) is 0.815. The van der Waals surface area contributed by atoms with Gasteiger partial charge < -0.3 is 0 Å². The van der Waals surface area contributed by atoms with Crippen LogP contribution in [0.25, 0.3) is 11.1 Å². The van der Waals surface area contributed by atoms with Crippen LogP contribution in [-0.4, -0.2) is 23.5 Å². The van der Waals surface area contributed by atoms with Crippen LogP contribution in [0.1, 0.15) is 24.4 Å². The van der Waals surface area contributed by atoms with Crippen LogP contribution >= 0.6 is 0 Å². The zero-order valence-corrected chi connectivity index (χ0v) is 11.0. The minimum Gasteiger partial charge on any atom is -0.299 e. The largest absolute Gasteiger partial charge is 0.299 e. The zero-order chi connectivity index (χ0) is 13.2. The highest BCUT2D eigenvalue weighted by molar-refractivity contribution is 5.63. The first-order valence-electron chi connectivity index (χ1n) is 6.65. The third-order valence-corrected chi connectivity index (χ3v) is 3.82. The van der Waals surface area contributed by atoms with Crippen molar-refractivity contribution in [1.29, 1.82) is 0 Å². The molecular formula is C16H17FN2. The summed E-state index contributed by atoms with van der Waals surface area (Å²) in [7, 11) is 2.15. The highest BCUT2D eigenvalue weighted by Gasteiger charge is 2.22. The second kappa shape index (κ2) is 5.10. The van der Waals surface area contributed by atoms with Gasteiger partial charge in [-0.05, 0) is 55.8 Å². The first-order valence-corrected chi connectivity index (χ1v) is 6.65. The van der Waals surface area contributed by atoms with Gasteiger partial charge in [-0.2, -0.15) is 0 Å². The standard InChI is InChI=1S/C16H17FN2/c1-19-7-3-6-16(19)14-8-13(10-18-11-14)12-4-2-5-15(17)9-12/h2,4-5,8-11,16H,3,6-7H2,1H3. The lowest BCUT2D eigenvalue weighted by molar-refractivity contribution is 0.317. The molecule has 19 heavy (non-hydrogen) atoms. The van der Waals surface area contributed by atoms with Crippen molar-refractivity contribution < 1.29 is 4.39 Å². The van der Waals surface area contributed by atoms with E-state index in [-0.39, 0.29) is 5.82 Å². The molecule has 3 rings (SSSR count). The summed E-state index contributed by atoms with van der Waals surface area (Å²) < 4.78 is 13.3. The van der Waals surface area contributed by atoms with Gasteiger partial charge in [0.1, 0.15) is 5.82 Å². The fraction of sp³-hybridized carbons (Fsp3) is 0.312. The topological polar surface area (TPSA) is 16.1 Å². The van der Waals surface area contributed by atoms with E-state index in [9.17, 15) is 4.39 Å². The maximum atomic E-state index is 13.3. The lowest BCUT2D eigenvalue weighted by atomic mass is 10.0. The van der Waals surface area contributed by atoms with Crippen LogP contribution in [0.5, 0.6) is 0 Å². The summed E-state index contributed by atoms with van der Waals surface area (Å²) in [6, 6.07) is 9.25. The summed E-state index contributed by atoms with van der Waals surface area (Å²) in [6.45, 7) is 1.13. The number of rotatable bonds is 2. The van der Waals surface area contributed by atoms with Crippen molar-refractivity contribution in [2.45, 2.75) is 18.9 Å². The van der Waals surface area contributed by atoms with Gasteiger partial charge in [0.25, 0.3) is 0 Å². The molecule has 98 valence electrons. The molecule has 0 spiro atoms. The maximum absolute atomic E-state index is 13.3. The first kappa shape index (κ1) is 12.3. The lowest BCUT2D eigenvalue weighted by Crippen LogP contribution is -2.17. The molecule has 0 aliphatic carbocycles. The molecule has 0 bridgehead atoms. The zero-order valence-electron chi connectivity index (χ0n) is 11.0. The number of halogens is 1. The van der Waals surface area contributed by atoms with Gasteiger partial charge in [0.2, 0.25) is 0 Å². The van der Waals surface area contributed by atoms with E-state index in [1.165, 1.54) is 24.5 Å². The van der Waals surface area contributed by atoms with E-state index in [1.54, 1.807) is 18.3 Å². The Morgan fingerprint density at radius 3 is 2.84 bits per heavy atom. The monoisotopic (exact) mass is 256 g/mol. The molecule has 1 aromatic heterocycles. The summed E-state index contributed by atoms with van der Waals surface area (Å²) >= 11 is 0. The second-order valence-corrected chi connectivity index (χ2v) is 5.16. The highest BCUT2D eigenvalue weighted by Crippen LogP contribution is 2.31. The van der Waals surface area contributed by atoms with Gasteiger partial charge in [0.15, 0.2) is 0 Å². The van der Waals surface area contributed by atoms with Crippen molar-refractivity contribution in [2.24, 2.45) is 0 Å². The first-order chi connectivity index (χ1) is 9.24. The van der Waals surface area contributed by atoms with Gasteiger partial charge in [0, 0.05) is 24.0 Å². The van der Waals surface area contributed by atoms with Crippen molar-refractivity contribution in [3.63, 3.8) is 0 Å². The third kappa shape index (κ3) is 2.51. The Hall–Kier alpha value is -1.74. The van der Waals surface area contributed by atoms with Gasteiger partial charge in [-0.3, -0.25) is 9.88 Å². The smallest absolute Gasteiger partial charge is 0.123 e. The van der Waals surface area contributed by atoms with Crippen LogP contribution in [0.3, 0.4) is 0 Å². The van der Waals surface area contributed by atoms with Crippen LogP contribution < -0.4 is 0 Å². The number of nitrogens with zero attached hydrogens (tertiary/aromatic N) is 2. The van der Waals surface area contributed by atoms with Gasteiger partial charge in [-0.25, -0.2) is 4.39 Å². The van der Waals surface area contributed by atoms with Gasteiger partial charge in [0.05, 0.1) is 0 Å². The van der Waals surface area contributed by atoms with Crippen molar-refractivity contribution in [1.82, 2.24) is 9.88 Å². The average Bonchev–Trinajstić information content (AvgIpc) is 2.85. The molecular weight excluding hydrogens is 239 g/mol. The van der Waals surface area contributed by atoms with E-state index in [0.717, 1.165) is 17.7 Å². The number of hydrogen-bond acceptors (Lipinski definition) is 2. The van der Waals surface area contributed by atoms with Crippen molar-refractivity contribution in [3.05, 3.63) is 54.1 Å². The van der Waals surface area contributed by atoms with E-state index in [1.807, 2.05) is 12.3 Å². The molecule has 1 saturated heterocycles. The lowest BCUT2D eigenvalue weighted by Gasteiger charge is -2.19. The fourth-order valence-electron chi connectivity index (χ4n) is 2.80. The van der Waals surface area contributed by atoms with Crippen LogP contribution in [0.2, 0.25) is 0 Å². The number of pyridine rings is 1. The maximum Gasteiger partial charge on any atom is 0.123 e. The highest BCUT2D eigenvalue weighted by atomic mass is 19.1. The summed E-state index contributed by atoms with van der Waals surface area (Å²) in [5.74, 6) is -0.208. The molecule has 1 aliphatic heterocycles. The van der Waals surface area contributed by atoms with Crippen LogP contribution in [0.4, 0.5) is 4.39 Å². The molecule has 2 aromatic rings. The summed E-state index contributed by atoms with van der Waals surface area (Å²) in [4.78, 5) is 6.67. The van der Waals surface area contributed by atoms with E-state index in [2.05, 4.69) is 23.0 Å². The Kier molecular flexibility index (Phi) is 3.30. The molecule has 1 aromatic carbocycles. The second-order valence-electron chi connectivity index (χ2n) is 5.16. The molecule has 0 amide bonds. The van der Waals surface area contributed by atoms with Crippen LogP contribution in [0.15, 0.2) is 42.7 Å². The Balaban J connectivity index is 1.96. The minimum atomic E-state index is -0.208. The van der Waals surface area contributed by atoms with Gasteiger partial charge in [-0.15, -0.1) is 0 Å². The normalized spacial score (nSPS) is 19.8. The number of likely N-dealkylation sites (tertiary alicyclic amines) is 1. The predicted molar refractivity (Wildman–Crippen MR) is 74.2 cm³/mol. The Bertz CT molecular complexity index is 582. The summed E-state index contributed by atoms with van der Waals surface area (Å²) in [5, 5.41) is 0. The number of aromatic nitrogens is 1. The van der Waals surface area contributed by atoms with E-state index < -0.39 is 0 Å². The molecule has 1 aliphatic rings. The van der Waals surface area contributed by atoms with Crippen molar-refractivity contribution in [2.75, 3.05) is 13.6 Å². The third-order valence-electron chi connectivity index (χ3n) is 3.82. The number of benzene rings is 1. The Morgan fingerprint density at radius 2 is 2.11 bits per heavy atom. The van der Waals surface area contributed by atoms with Gasteiger partial charge in [-0.1, -0.05) is 12.1 Å². The fourth-order valence-corrected chi connectivity index (χ4v) is 2.80. The van der Waals surface area contributed by atoms with Crippen molar-refractivity contribution >= 4 is 0 Å². The molecule has 1 fully saturated rings. The molecule has 3 heteroatoms. The molecule has 2 heterocycles. The minimum absolute atomic E-state index is 0.208. The van der Waals surface area contributed by atoms with E-state index in [0.29, 0.717) is 6.04 Å². The molecule has 1 atom stereocenters.